The molecule has 0 N–H and O–H groups in total. The van der Waals surface area contributed by atoms with Gasteiger partial charge in [-0.05, 0) is 30.4 Å². The fraction of sp³-hybridized carbons (Fsp3) is 0.562. The van der Waals surface area contributed by atoms with E-state index in [-0.39, 0.29) is 0 Å². The Labute approximate surface area is 110 Å². The molecule has 1 atom stereocenters. The molecule has 1 amide bonds. The summed E-state index contributed by atoms with van der Waals surface area (Å²) in [6, 6.07) is 8.54. The summed E-state index contributed by atoms with van der Waals surface area (Å²) >= 11 is 0. The van der Waals surface area contributed by atoms with Gasteiger partial charge in [-0.3, -0.25) is 4.79 Å². The second-order valence-electron chi connectivity index (χ2n) is 5.78. The van der Waals surface area contributed by atoms with Gasteiger partial charge in [0.15, 0.2) is 0 Å². The highest BCUT2D eigenvalue weighted by Gasteiger charge is 2.27. The first-order valence-corrected chi connectivity index (χ1v) is 6.91. The SMILES string of the molecule is Cc1ccccc1[C@@H]1CCN(C(=O)CC(C)C)C1. The topological polar surface area (TPSA) is 20.3 Å². The monoisotopic (exact) mass is 245 g/mol. The molecule has 2 rings (SSSR count). The van der Waals surface area contributed by atoms with Crippen molar-refractivity contribution in [1.29, 1.82) is 0 Å². The van der Waals surface area contributed by atoms with E-state index in [9.17, 15) is 4.79 Å². The summed E-state index contributed by atoms with van der Waals surface area (Å²) in [5.41, 5.74) is 2.76. The average Bonchev–Trinajstić information content (AvgIpc) is 2.78. The van der Waals surface area contributed by atoms with Crippen LogP contribution in [0.1, 0.15) is 43.7 Å². The molecule has 0 saturated carbocycles. The molecule has 0 aliphatic carbocycles. The molecule has 1 fully saturated rings. The third-order valence-corrected chi connectivity index (χ3v) is 3.75. The zero-order chi connectivity index (χ0) is 13.1. The van der Waals surface area contributed by atoms with E-state index in [0.717, 1.165) is 19.5 Å². The average molecular weight is 245 g/mol. The minimum Gasteiger partial charge on any atom is -0.342 e. The highest BCUT2D eigenvalue weighted by atomic mass is 16.2. The molecule has 2 nitrogen and oxygen atoms in total. The van der Waals surface area contributed by atoms with Crippen LogP contribution in [0.4, 0.5) is 0 Å². The quantitative estimate of drug-likeness (QED) is 0.799. The standard InChI is InChI=1S/C16H23NO/c1-12(2)10-16(18)17-9-8-14(11-17)15-7-5-4-6-13(15)3/h4-7,12,14H,8-11H2,1-3H3/t14-/m1/s1. The van der Waals surface area contributed by atoms with Crippen molar-refractivity contribution in [1.82, 2.24) is 4.90 Å². The van der Waals surface area contributed by atoms with Gasteiger partial charge in [0.1, 0.15) is 0 Å². The van der Waals surface area contributed by atoms with Crippen LogP contribution in [0.25, 0.3) is 0 Å². The number of rotatable bonds is 3. The van der Waals surface area contributed by atoms with E-state index in [0.29, 0.717) is 24.2 Å². The fourth-order valence-electron chi connectivity index (χ4n) is 2.76. The molecule has 18 heavy (non-hydrogen) atoms. The van der Waals surface area contributed by atoms with E-state index in [1.165, 1.54) is 11.1 Å². The molecule has 1 aromatic carbocycles. The Balaban J connectivity index is 2.01. The van der Waals surface area contributed by atoms with E-state index in [4.69, 9.17) is 0 Å². The van der Waals surface area contributed by atoms with Gasteiger partial charge in [0.05, 0.1) is 0 Å². The van der Waals surface area contributed by atoms with Gasteiger partial charge >= 0.3 is 0 Å². The Morgan fingerprint density at radius 3 is 2.78 bits per heavy atom. The van der Waals surface area contributed by atoms with Crippen molar-refractivity contribution in [2.45, 2.75) is 39.5 Å². The van der Waals surface area contributed by atoms with Crippen molar-refractivity contribution in [2.75, 3.05) is 13.1 Å². The lowest BCUT2D eigenvalue weighted by molar-refractivity contribution is -0.130. The number of hydrogen-bond acceptors (Lipinski definition) is 1. The second kappa shape index (κ2) is 5.55. The van der Waals surface area contributed by atoms with Gasteiger partial charge < -0.3 is 4.90 Å². The highest BCUT2D eigenvalue weighted by Crippen LogP contribution is 2.29. The van der Waals surface area contributed by atoms with E-state index in [1.807, 2.05) is 4.90 Å². The molecule has 0 bridgehead atoms. The Hall–Kier alpha value is -1.31. The van der Waals surface area contributed by atoms with E-state index in [1.54, 1.807) is 0 Å². The first-order chi connectivity index (χ1) is 8.58. The number of nitrogens with zero attached hydrogens (tertiary/aromatic N) is 1. The summed E-state index contributed by atoms with van der Waals surface area (Å²) in [7, 11) is 0. The van der Waals surface area contributed by atoms with Gasteiger partial charge in [0, 0.05) is 25.4 Å². The molecular weight excluding hydrogens is 222 g/mol. The molecule has 98 valence electrons. The minimum absolute atomic E-state index is 0.320. The maximum absolute atomic E-state index is 12.0. The van der Waals surface area contributed by atoms with E-state index in [2.05, 4.69) is 45.0 Å². The molecule has 0 spiro atoms. The first kappa shape index (κ1) is 13.1. The maximum atomic E-state index is 12.0. The van der Waals surface area contributed by atoms with Crippen molar-refractivity contribution < 1.29 is 4.79 Å². The van der Waals surface area contributed by atoms with Crippen LogP contribution >= 0.6 is 0 Å². The summed E-state index contributed by atoms with van der Waals surface area (Å²) in [5, 5.41) is 0. The Bertz CT molecular complexity index is 425. The van der Waals surface area contributed by atoms with Crippen LogP contribution in [-0.4, -0.2) is 23.9 Å². The van der Waals surface area contributed by atoms with Crippen molar-refractivity contribution in [2.24, 2.45) is 5.92 Å². The predicted octanol–water partition coefficient (Wildman–Crippen LogP) is 3.36. The van der Waals surface area contributed by atoms with Crippen LogP contribution in [0.2, 0.25) is 0 Å². The Morgan fingerprint density at radius 1 is 1.39 bits per heavy atom. The number of aryl methyl sites for hydroxylation is 1. The molecule has 1 heterocycles. The van der Waals surface area contributed by atoms with Gasteiger partial charge in [0.25, 0.3) is 0 Å². The fourth-order valence-corrected chi connectivity index (χ4v) is 2.76. The molecule has 0 radical (unpaired) electrons. The lowest BCUT2D eigenvalue weighted by Gasteiger charge is -2.18. The lowest BCUT2D eigenvalue weighted by atomic mass is 9.94. The zero-order valence-electron chi connectivity index (χ0n) is 11.6. The molecule has 1 aliphatic rings. The van der Waals surface area contributed by atoms with Gasteiger partial charge in [-0.2, -0.15) is 0 Å². The maximum Gasteiger partial charge on any atom is 0.222 e. The highest BCUT2D eigenvalue weighted by molar-refractivity contribution is 5.76. The zero-order valence-corrected chi connectivity index (χ0v) is 11.6. The normalized spacial score (nSPS) is 19.6. The van der Waals surface area contributed by atoms with Crippen molar-refractivity contribution in [3.63, 3.8) is 0 Å². The third-order valence-electron chi connectivity index (χ3n) is 3.75. The molecule has 1 aromatic rings. The summed E-state index contributed by atoms with van der Waals surface area (Å²) < 4.78 is 0. The van der Waals surface area contributed by atoms with Gasteiger partial charge in [-0.1, -0.05) is 38.1 Å². The number of carbonyl (C=O) groups excluding carboxylic acids is 1. The van der Waals surface area contributed by atoms with Crippen LogP contribution in [0.3, 0.4) is 0 Å². The van der Waals surface area contributed by atoms with Gasteiger partial charge in [-0.15, -0.1) is 0 Å². The van der Waals surface area contributed by atoms with Crippen molar-refractivity contribution in [3.8, 4) is 0 Å². The summed E-state index contributed by atoms with van der Waals surface area (Å²) in [4.78, 5) is 14.1. The first-order valence-electron chi connectivity index (χ1n) is 6.91. The third kappa shape index (κ3) is 2.92. The number of hydrogen-bond donors (Lipinski definition) is 0. The molecule has 1 saturated heterocycles. The minimum atomic E-state index is 0.320. The predicted molar refractivity (Wildman–Crippen MR) is 74.6 cm³/mol. The lowest BCUT2D eigenvalue weighted by Crippen LogP contribution is -2.29. The smallest absolute Gasteiger partial charge is 0.222 e. The largest absolute Gasteiger partial charge is 0.342 e. The molecule has 0 unspecified atom stereocenters. The second-order valence-corrected chi connectivity index (χ2v) is 5.78. The summed E-state index contributed by atoms with van der Waals surface area (Å²) in [6.07, 6.45) is 1.79. The number of likely N-dealkylation sites (tertiary alicyclic amines) is 1. The molecule has 0 aromatic heterocycles. The summed E-state index contributed by atoms with van der Waals surface area (Å²) in [5.74, 6) is 1.30. The van der Waals surface area contributed by atoms with Crippen LogP contribution in [0, 0.1) is 12.8 Å². The van der Waals surface area contributed by atoms with Gasteiger partial charge in [-0.25, -0.2) is 0 Å². The van der Waals surface area contributed by atoms with Gasteiger partial charge in [0.2, 0.25) is 5.91 Å². The molecular formula is C16H23NO. The molecule has 1 aliphatic heterocycles. The van der Waals surface area contributed by atoms with E-state index >= 15 is 0 Å². The summed E-state index contributed by atoms with van der Waals surface area (Å²) in [6.45, 7) is 8.19. The van der Waals surface area contributed by atoms with Crippen molar-refractivity contribution in [3.05, 3.63) is 35.4 Å². The van der Waals surface area contributed by atoms with Crippen molar-refractivity contribution >= 4 is 5.91 Å². The van der Waals surface area contributed by atoms with Crippen LogP contribution < -0.4 is 0 Å². The number of carbonyl (C=O) groups is 1. The van der Waals surface area contributed by atoms with E-state index < -0.39 is 0 Å². The Morgan fingerprint density at radius 2 is 2.11 bits per heavy atom. The molecule has 2 heteroatoms. The number of benzene rings is 1. The van der Waals surface area contributed by atoms with Crippen LogP contribution in [-0.2, 0) is 4.79 Å². The Kier molecular flexibility index (Phi) is 4.05. The van der Waals surface area contributed by atoms with Crippen LogP contribution in [0.5, 0.6) is 0 Å². The number of amides is 1. The van der Waals surface area contributed by atoms with Crippen LogP contribution in [0.15, 0.2) is 24.3 Å².